The Morgan fingerprint density at radius 1 is 1.12 bits per heavy atom. The molecular formula is C16H32. The summed E-state index contributed by atoms with van der Waals surface area (Å²) < 4.78 is 0. The first-order valence-corrected chi connectivity index (χ1v) is 7.36. The van der Waals surface area contributed by atoms with E-state index in [1.54, 1.807) is 0 Å². The Morgan fingerprint density at radius 2 is 1.75 bits per heavy atom. The van der Waals surface area contributed by atoms with Gasteiger partial charge in [-0.3, -0.25) is 0 Å². The largest absolute Gasteiger partial charge is 0.0651 e. The van der Waals surface area contributed by atoms with Crippen molar-refractivity contribution in [3.63, 3.8) is 0 Å². The van der Waals surface area contributed by atoms with E-state index in [-0.39, 0.29) is 0 Å². The van der Waals surface area contributed by atoms with Gasteiger partial charge in [0.15, 0.2) is 0 Å². The van der Waals surface area contributed by atoms with E-state index in [1.165, 1.54) is 32.1 Å². The highest BCUT2D eigenvalue weighted by atomic mass is 14.4. The van der Waals surface area contributed by atoms with E-state index in [4.69, 9.17) is 0 Å². The van der Waals surface area contributed by atoms with E-state index in [1.807, 2.05) is 0 Å². The zero-order valence-electron chi connectivity index (χ0n) is 12.3. The monoisotopic (exact) mass is 224 g/mol. The molecule has 3 atom stereocenters. The molecule has 0 radical (unpaired) electrons. The summed E-state index contributed by atoms with van der Waals surface area (Å²) >= 11 is 0. The van der Waals surface area contributed by atoms with E-state index in [0.29, 0.717) is 5.41 Å². The van der Waals surface area contributed by atoms with E-state index in [0.717, 1.165) is 23.7 Å². The molecule has 96 valence electrons. The normalized spacial score (nSPS) is 28.7. The van der Waals surface area contributed by atoms with Crippen LogP contribution >= 0.6 is 0 Å². The van der Waals surface area contributed by atoms with E-state index < -0.39 is 0 Å². The minimum atomic E-state index is 0.566. The first kappa shape index (κ1) is 14.1. The van der Waals surface area contributed by atoms with Crippen LogP contribution in [0.3, 0.4) is 0 Å². The second kappa shape index (κ2) is 5.56. The lowest BCUT2D eigenvalue weighted by Crippen LogP contribution is -2.24. The molecule has 1 fully saturated rings. The first-order chi connectivity index (χ1) is 7.36. The Labute approximate surface area is 103 Å². The number of rotatable bonds is 5. The maximum absolute atomic E-state index is 2.50. The van der Waals surface area contributed by atoms with Gasteiger partial charge in [0.25, 0.3) is 0 Å². The predicted molar refractivity (Wildman–Crippen MR) is 73.5 cm³/mol. The van der Waals surface area contributed by atoms with E-state index in [2.05, 4.69) is 41.5 Å². The summed E-state index contributed by atoms with van der Waals surface area (Å²) in [5, 5.41) is 0. The fraction of sp³-hybridized carbons (Fsp3) is 1.00. The van der Waals surface area contributed by atoms with Gasteiger partial charge in [-0.05, 0) is 54.8 Å². The second-order valence-electron chi connectivity index (χ2n) is 7.24. The van der Waals surface area contributed by atoms with Crippen LogP contribution in [0.25, 0.3) is 0 Å². The van der Waals surface area contributed by atoms with Gasteiger partial charge in [-0.2, -0.15) is 0 Å². The van der Waals surface area contributed by atoms with Crippen molar-refractivity contribution in [2.75, 3.05) is 0 Å². The van der Waals surface area contributed by atoms with Gasteiger partial charge >= 0.3 is 0 Å². The molecule has 0 heteroatoms. The van der Waals surface area contributed by atoms with Crippen molar-refractivity contribution < 1.29 is 0 Å². The van der Waals surface area contributed by atoms with Crippen molar-refractivity contribution in [2.45, 2.75) is 73.6 Å². The fourth-order valence-electron chi connectivity index (χ4n) is 3.80. The lowest BCUT2D eigenvalue weighted by atomic mass is 9.72. The summed E-state index contributed by atoms with van der Waals surface area (Å²) in [5.41, 5.74) is 0.566. The molecule has 1 aliphatic carbocycles. The molecule has 0 aromatic heterocycles. The van der Waals surface area contributed by atoms with Gasteiger partial charge in [-0.25, -0.2) is 0 Å². The number of hydrogen-bond acceptors (Lipinski definition) is 0. The van der Waals surface area contributed by atoms with E-state index >= 15 is 0 Å². The lowest BCUT2D eigenvalue weighted by Gasteiger charge is -2.34. The van der Waals surface area contributed by atoms with Gasteiger partial charge in [-0.1, -0.05) is 48.0 Å². The van der Waals surface area contributed by atoms with Gasteiger partial charge in [0.1, 0.15) is 0 Å². The molecule has 0 N–H and O–H groups in total. The zero-order valence-corrected chi connectivity index (χ0v) is 12.3. The molecule has 0 aromatic rings. The van der Waals surface area contributed by atoms with Crippen LogP contribution in [0.4, 0.5) is 0 Å². The van der Waals surface area contributed by atoms with Crippen molar-refractivity contribution in [1.29, 1.82) is 0 Å². The Hall–Kier alpha value is 0. The standard InChI is InChI=1S/C16H32/c1-7-13(4)14-8-9-15(10-14)16(5,6)11-12(2)3/h12-15H,7-11H2,1-6H3. The second-order valence-corrected chi connectivity index (χ2v) is 7.24. The Kier molecular flexibility index (Phi) is 4.88. The van der Waals surface area contributed by atoms with Gasteiger partial charge in [0, 0.05) is 0 Å². The molecule has 16 heavy (non-hydrogen) atoms. The van der Waals surface area contributed by atoms with E-state index in [9.17, 15) is 0 Å². The molecule has 0 aliphatic heterocycles. The van der Waals surface area contributed by atoms with Crippen LogP contribution in [0.15, 0.2) is 0 Å². The van der Waals surface area contributed by atoms with Crippen LogP contribution in [0.5, 0.6) is 0 Å². The maximum atomic E-state index is 2.50. The Morgan fingerprint density at radius 3 is 2.25 bits per heavy atom. The Balaban J connectivity index is 2.51. The van der Waals surface area contributed by atoms with Crippen molar-refractivity contribution in [3.8, 4) is 0 Å². The third-order valence-corrected chi connectivity index (χ3v) is 4.96. The van der Waals surface area contributed by atoms with Gasteiger partial charge in [0.05, 0.1) is 0 Å². The first-order valence-electron chi connectivity index (χ1n) is 7.36. The van der Waals surface area contributed by atoms with Gasteiger partial charge < -0.3 is 0 Å². The molecule has 0 amide bonds. The summed E-state index contributed by atoms with van der Waals surface area (Å²) in [4.78, 5) is 0. The van der Waals surface area contributed by atoms with Crippen LogP contribution < -0.4 is 0 Å². The highest BCUT2D eigenvalue weighted by Gasteiger charge is 2.37. The molecule has 0 spiro atoms. The lowest BCUT2D eigenvalue weighted by molar-refractivity contribution is 0.165. The molecule has 3 unspecified atom stereocenters. The number of hydrogen-bond donors (Lipinski definition) is 0. The predicted octanol–water partition coefficient (Wildman–Crippen LogP) is 5.52. The smallest absolute Gasteiger partial charge is 0.0323 e. The topological polar surface area (TPSA) is 0 Å². The highest BCUT2D eigenvalue weighted by molar-refractivity contribution is 4.87. The average molecular weight is 224 g/mol. The minimum Gasteiger partial charge on any atom is -0.0651 e. The van der Waals surface area contributed by atoms with Crippen LogP contribution in [0, 0.1) is 29.1 Å². The Bertz CT molecular complexity index is 202. The summed E-state index contributed by atoms with van der Waals surface area (Å²) in [7, 11) is 0. The molecule has 0 saturated heterocycles. The molecular weight excluding hydrogens is 192 g/mol. The quantitative estimate of drug-likeness (QED) is 0.576. The van der Waals surface area contributed by atoms with Crippen LogP contribution in [-0.2, 0) is 0 Å². The maximum Gasteiger partial charge on any atom is -0.0323 e. The zero-order chi connectivity index (χ0) is 12.3. The van der Waals surface area contributed by atoms with Crippen molar-refractivity contribution in [1.82, 2.24) is 0 Å². The third-order valence-electron chi connectivity index (χ3n) is 4.96. The van der Waals surface area contributed by atoms with Gasteiger partial charge in [0.2, 0.25) is 0 Å². The summed E-state index contributed by atoms with van der Waals surface area (Å²) in [6, 6.07) is 0. The summed E-state index contributed by atoms with van der Waals surface area (Å²) in [6.07, 6.45) is 7.22. The molecule has 1 aliphatic rings. The SMILES string of the molecule is CCC(C)C1CCC(C(C)(C)CC(C)C)C1. The molecule has 1 saturated carbocycles. The minimum absolute atomic E-state index is 0.566. The van der Waals surface area contributed by atoms with Crippen molar-refractivity contribution in [2.24, 2.45) is 29.1 Å². The van der Waals surface area contributed by atoms with Gasteiger partial charge in [-0.15, -0.1) is 0 Å². The molecule has 0 nitrogen and oxygen atoms in total. The highest BCUT2D eigenvalue weighted by Crippen LogP contribution is 2.47. The summed E-state index contributed by atoms with van der Waals surface area (Å²) in [6.45, 7) is 14.5. The fourth-order valence-corrected chi connectivity index (χ4v) is 3.80. The third kappa shape index (κ3) is 3.50. The van der Waals surface area contributed by atoms with Crippen LogP contribution in [-0.4, -0.2) is 0 Å². The molecule has 0 bridgehead atoms. The average Bonchev–Trinajstić information content (AvgIpc) is 2.63. The van der Waals surface area contributed by atoms with Crippen LogP contribution in [0.2, 0.25) is 0 Å². The van der Waals surface area contributed by atoms with Crippen molar-refractivity contribution in [3.05, 3.63) is 0 Å². The molecule has 0 aromatic carbocycles. The molecule has 0 heterocycles. The van der Waals surface area contributed by atoms with Crippen LogP contribution in [0.1, 0.15) is 73.6 Å². The summed E-state index contributed by atoms with van der Waals surface area (Å²) in [5.74, 6) is 3.79. The molecule has 1 rings (SSSR count). The van der Waals surface area contributed by atoms with Crippen molar-refractivity contribution >= 4 is 0 Å².